The lowest BCUT2D eigenvalue weighted by molar-refractivity contribution is -0.117. The van der Waals surface area contributed by atoms with Gasteiger partial charge in [0.25, 0.3) is 0 Å². The molecule has 7 heteroatoms. The Bertz CT molecular complexity index is 509. The van der Waals surface area contributed by atoms with Gasteiger partial charge in [0.2, 0.25) is 5.91 Å². The predicted molar refractivity (Wildman–Crippen MR) is 71.9 cm³/mol. The smallest absolute Gasteiger partial charge is 0.335 e. The molecule has 1 rings (SSSR count). The molecule has 108 valence electrons. The normalized spacial score (nSPS) is 11.7. The van der Waals surface area contributed by atoms with Crippen LogP contribution in [0.25, 0.3) is 0 Å². The zero-order valence-electron chi connectivity index (χ0n) is 10.9. The number of aromatic carboxylic acids is 2. The van der Waals surface area contributed by atoms with E-state index in [4.69, 9.17) is 15.9 Å². The number of carboxylic acids is 2. The van der Waals surface area contributed by atoms with E-state index in [1.807, 2.05) is 6.92 Å². The van der Waals surface area contributed by atoms with Crippen molar-refractivity contribution in [1.29, 1.82) is 0 Å². The third-order valence-corrected chi connectivity index (χ3v) is 2.63. The van der Waals surface area contributed by atoms with Crippen LogP contribution in [0.3, 0.4) is 0 Å². The maximum Gasteiger partial charge on any atom is 0.335 e. The summed E-state index contributed by atoms with van der Waals surface area (Å²) in [5, 5.41) is 20.3. The number of carboxylic acid groups (broad SMARTS) is 2. The highest BCUT2D eigenvalue weighted by atomic mass is 16.4. The van der Waals surface area contributed by atoms with Crippen LogP contribution < -0.4 is 11.1 Å². The molecule has 0 saturated heterocycles. The Kier molecular flexibility index (Phi) is 5.22. The van der Waals surface area contributed by atoms with Gasteiger partial charge in [-0.2, -0.15) is 0 Å². The molecule has 1 amide bonds. The number of nitrogens with two attached hydrogens (primary N) is 1. The Morgan fingerprint density at radius 1 is 1.15 bits per heavy atom. The monoisotopic (exact) mass is 280 g/mol. The van der Waals surface area contributed by atoms with Gasteiger partial charge in [-0.3, -0.25) is 4.79 Å². The van der Waals surface area contributed by atoms with Crippen molar-refractivity contribution in [2.45, 2.75) is 25.8 Å². The summed E-state index contributed by atoms with van der Waals surface area (Å²) >= 11 is 0. The van der Waals surface area contributed by atoms with Gasteiger partial charge in [0.1, 0.15) is 0 Å². The van der Waals surface area contributed by atoms with Crippen molar-refractivity contribution < 1.29 is 24.6 Å². The van der Waals surface area contributed by atoms with Gasteiger partial charge in [-0.05, 0) is 24.6 Å². The fourth-order valence-electron chi connectivity index (χ4n) is 1.62. The molecule has 1 aromatic rings. The van der Waals surface area contributed by atoms with Gasteiger partial charge in [0, 0.05) is 5.69 Å². The van der Waals surface area contributed by atoms with Crippen molar-refractivity contribution in [1.82, 2.24) is 0 Å². The molecule has 0 fully saturated rings. The molecule has 0 radical (unpaired) electrons. The zero-order chi connectivity index (χ0) is 15.3. The maximum atomic E-state index is 11.7. The van der Waals surface area contributed by atoms with E-state index < -0.39 is 23.9 Å². The Hall–Kier alpha value is -2.41. The summed E-state index contributed by atoms with van der Waals surface area (Å²) in [6, 6.07) is 2.67. The number of amides is 1. The molecule has 0 bridgehead atoms. The summed E-state index contributed by atoms with van der Waals surface area (Å²) in [7, 11) is 0. The highest BCUT2D eigenvalue weighted by Gasteiger charge is 2.16. The molecular formula is C13H16N2O5. The molecule has 0 saturated carbocycles. The summed E-state index contributed by atoms with van der Waals surface area (Å²) < 4.78 is 0. The van der Waals surface area contributed by atoms with Gasteiger partial charge in [-0.15, -0.1) is 0 Å². The van der Waals surface area contributed by atoms with Gasteiger partial charge in [0.05, 0.1) is 17.2 Å². The molecular weight excluding hydrogens is 264 g/mol. The highest BCUT2D eigenvalue weighted by Crippen LogP contribution is 2.16. The SMILES string of the molecule is CCCC(N)C(=O)Nc1cc(C(=O)O)cc(C(=O)O)c1. The van der Waals surface area contributed by atoms with E-state index in [0.29, 0.717) is 6.42 Å². The van der Waals surface area contributed by atoms with E-state index in [0.717, 1.165) is 12.5 Å². The number of benzene rings is 1. The number of nitrogens with one attached hydrogen (secondary N) is 1. The molecule has 1 unspecified atom stereocenters. The first kappa shape index (κ1) is 15.6. The molecule has 0 spiro atoms. The summed E-state index contributed by atoms with van der Waals surface area (Å²) in [4.78, 5) is 33.6. The van der Waals surface area contributed by atoms with E-state index in [2.05, 4.69) is 5.32 Å². The van der Waals surface area contributed by atoms with E-state index >= 15 is 0 Å². The summed E-state index contributed by atoms with van der Waals surface area (Å²) in [6.45, 7) is 1.88. The van der Waals surface area contributed by atoms with Gasteiger partial charge in [-0.25, -0.2) is 9.59 Å². The van der Waals surface area contributed by atoms with Crippen molar-refractivity contribution >= 4 is 23.5 Å². The second-order valence-corrected chi connectivity index (χ2v) is 4.29. The molecule has 0 heterocycles. The minimum Gasteiger partial charge on any atom is -0.478 e. The number of hydrogen-bond donors (Lipinski definition) is 4. The fourth-order valence-corrected chi connectivity index (χ4v) is 1.62. The number of carbonyl (C=O) groups is 3. The third kappa shape index (κ3) is 4.06. The number of hydrogen-bond acceptors (Lipinski definition) is 4. The van der Waals surface area contributed by atoms with E-state index in [-0.39, 0.29) is 16.8 Å². The fraction of sp³-hybridized carbons (Fsp3) is 0.308. The van der Waals surface area contributed by atoms with Crippen LogP contribution in [0.15, 0.2) is 18.2 Å². The highest BCUT2D eigenvalue weighted by molar-refractivity contribution is 5.99. The molecule has 7 nitrogen and oxygen atoms in total. The Morgan fingerprint density at radius 2 is 1.65 bits per heavy atom. The lowest BCUT2D eigenvalue weighted by Gasteiger charge is -2.12. The number of rotatable bonds is 6. The number of carbonyl (C=O) groups excluding carboxylic acids is 1. The largest absolute Gasteiger partial charge is 0.478 e. The average molecular weight is 280 g/mol. The van der Waals surface area contributed by atoms with Gasteiger partial charge >= 0.3 is 11.9 Å². The van der Waals surface area contributed by atoms with Crippen LogP contribution in [0, 0.1) is 0 Å². The molecule has 0 aromatic heterocycles. The quantitative estimate of drug-likeness (QED) is 0.618. The molecule has 1 atom stereocenters. The molecule has 0 aliphatic carbocycles. The lowest BCUT2D eigenvalue weighted by atomic mass is 10.1. The van der Waals surface area contributed by atoms with Gasteiger partial charge < -0.3 is 21.3 Å². The van der Waals surface area contributed by atoms with Crippen molar-refractivity contribution in [3.63, 3.8) is 0 Å². The van der Waals surface area contributed by atoms with Crippen molar-refractivity contribution in [2.75, 3.05) is 5.32 Å². The second kappa shape index (κ2) is 6.67. The average Bonchev–Trinajstić information content (AvgIpc) is 2.38. The molecule has 0 aliphatic heterocycles. The second-order valence-electron chi connectivity index (χ2n) is 4.29. The third-order valence-electron chi connectivity index (χ3n) is 2.63. The van der Waals surface area contributed by atoms with Crippen molar-refractivity contribution in [3.8, 4) is 0 Å². The minimum atomic E-state index is -1.28. The molecule has 0 aliphatic rings. The standard InChI is InChI=1S/C13H16N2O5/c1-2-3-10(14)11(16)15-9-5-7(12(17)18)4-8(6-9)13(19)20/h4-6,10H,2-3,14H2,1H3,(H,15,16)(H,17,18)(H,19,20). The van der Waals surface area contributed by atoms with Crippen LogP contribution in [-0.4, -0.2) is 34.1 Å². The van der Waals surface area contributed by atoms with Crippen LogP contribution in [0.1, 0.15) is 40.5 Å². The summed E-state index contributed by atoms with van der Waals surface area (Å²) in [5.74, 6) is -3.03. The molecule has 1 aromatic carbocycles. The molecule has 20 heavy (non-hydrogen) atoms. The van der Waals surface area contributed by atoms with E-state index in [1.165, 1.54) is 12.1 Å². The summed E-state index contributed by atoms with van der Waals surface area (Å²) in [6.07, 6.45) is 1.21. The first-order chi connectivity index (χ1) is 9.35. The van der Waals surface area contributed by atoms with Crippen LogP contribution in [-0.2, 0) is 4.79 Å². The Labute approximate surface area is 115 Å². The Morgan fingerprint density at radius 3 is 2.05 bits per heavy atom. The summed E-state index contributed by atoms with van der Waals surface area (Å²) in [5.41, 5.74) is 5.29. The predicted octanol–water partition coefficient (Wildman–Crippen LogP) is 1.15. The molecule has 5 N–H and O–H groups in total. The van der Waals surface area contributed by atoms with Crippen molar-refractivity contribution in [2.24, 2.45) is 5.73 Å². The topological polar surface area (TPSA) is 130 Å². The van der Waals surface area contributed by atoms with Gasteiger partial charge in [0.15, 0.2) is 0 Å². The van der Waals surface area contributed by atoms with E-state index in [1.54, 1.807) is 0 Å². The van der Waals surface area contributed by atoms with Gasteiger partial charge in [-0.1, -0.05) is 13.3 Å². The van der Waals surface area contributed by atoms with Crippen LogP contribution >= 0.6 is 0 Å². The maximum absolute atomic E-state index is 11.7. The van der Waals surface area contributed by atoms with Crippen LogP contribution in [0.2, 0.25) is 0 Å². The first-order valence-corrected chi connectivity index (χ1v) is 6.03. The zero-order valence-corrected chi connectivity index (χ0v) is 10.9. The number of anilines is 1. The first-order valence-electron chi connectivity index (χ1n) is 6.03. The Balaban J connectivity index is 3.02. The van der Waals surface area contributed by atoms with Crippen LogP contribution in [0.5, 0.6) is 0 Å². The van der Waals surface area contributed by atoms with E-state index in [9.17, 15) is 14.4 Å². The minimum absolute atomic E-state index is 0.0962. The van der Waals surface area contributed by atoms with Crippen LogP contribution in [0.4, 0.5) is 5.69 Å². The lowest BCUT2D eigenvalue weighted by Crippen LogP contribution is -2.35. The van der Waals surface area contributed by atoms with Crippen molar-refractivity contribution in [3.05, 3.63) is 29.3 Å².